The van der Waals surface area contributed by atoms with Gasteiger partial charge in [0.25, 0.3) is 5.84 Å². The molecule has 1 fully saturated rings. The quantitative estimate of drug-likeness (QED) is 0.759. The number of hydrogen-bond donors (Lipinski definition) is 1. The Morgan fingerprint density at radius 3 is 2.13 bits per heavy atom. The molecule has 0 unspecified atom stereocenters. The first-order valence-corrected chi connectivity index (χ1v) is 9.60. The molecule has 126 valence electrons. The van der Waals surface area contributed by atoms with Crippen molar-refractivity contribution in [2.75, 3.05) is 13.1 Å². The Balaban J connectivity index is 2.11. The zero-order valence-electron chi connectivity index (χ0n) is 15.4. The van der Waals surface area contributed by atoms with Crippen LogP contribution in [0.25, 0.3) is 0 Å². The SMILES string of the molecule is CC(C)c1cccc(C(C)C)c1[N+]1=C(C2CCCCC2)NCC1. The molecule has 0 aromatic heterocycles. The molecule has 1 aromatic carbocycles. The number of nitrogens with zero attached hydrogens (tertiary/aromatic N) is 1. The molecule has 2 aliphatic rings. The van der Waals surface area contributed by atoms with Crippen LogP contribution in [0.2, 0.25) is 0 Å². The van der Waals surface area contributed by atoms with Crippen LogP contribution in [-0.4, -0.2) is 23.5 Å². The van der Waals surface area contributed by atoms with Gasteiger partial charge in [-0.1, -0.05) is 65.2 Å². The monoisotopic (exact) mass is 313 g/mol. The summed E-state index contributed by atoms with van der Waals surface area (Å²) in [7, 11) is 0. The van der Waals surface area contributed by atoms with E-state index in [0.717, 1.165) is 19.0 Å². The van der Waals surface area contributed by atoms with Crippen LogP contribution in [0.4, 0.5) is 5.69 Å². The molecule has 1 aliphatic heterocycles. The highest BCUT2D eigenvalue weighted by Crippen LogP contribution is 2.36. The number of rotatable bonds is 4. The predicted molar refractivity (Wildman–Crippen MR) is 99.0 cm³/mol. The normalized spacial score (nSPS) is 19.7. The maximum absolute atomic E-state index is 3.75. The summed E-state index contributed by atoms with van der Waals surface area (Å²) in [5, 5.41) is 3.75. The van der Waals surface area contributed by atoms with E-state index in [0.29, 0.717) is 11.8 Å². The topological polar surface area (TPSA) is 15.0 Å². The van der Waals surface area contributed by atoms with Crippen molar-refractivity contribution in [3.05, 3.63) is 29.3 Å². The van der Waals surface area contributed by atoms with Gasteiger partial charge in [0.05, 0.1) is 5.92 Å². The van der Waals surface area contributed by atoms with Crippen LogP contribution >= 0.6 is 0 Å². The molecule has 1 aliphatic carbocycles. The first-order chi connectivity index (χ1) is 11.1. The number of para-hydroxylation sites is 1. The fourth-order valence-electron chi connectivity index (χ4n) is 4.31. The van der Waals surface area contributed by atoms with E-state index < -0.39 is 0 Å². The lowest BCUT2D eigenvalue weighted by atomic mass is 9.87. The number of amidine groups is 1. The van der Waals surface area contributed by atoms with Gasteiger partial charge in [-0.15, -0.1) is 0 Å². The van der Waals surface area contributed by atoms with Crippen LogP contribution in [0.15, 0.2) is 18.2 Å². The number of hydrogen-bond acceptors (Lipinski definition) is 1. The Hall–Kier alpha value is -1.31. The van der Waals surface area contributed by atoms with Crippen LogP contribution in [0.5, 0.6) is 0 Å². The Morgan fingerprint density at radius 1 is 0.957 bits per heavy atom. The molecule has 1 N–H and O–H groups in total. The average Bonchev–Trinajstić information content (AvgIpc) is 3.04. The van der Waals surface area contributed by atoms with Gasteiger partial charge in [0.2, 0.25) is 0 Å². The minimum Gasteiger partial charge on any atom is -0.274 e. The molecule has 23 heavy (non-hydrogen) atoms. The van der Waals surface area contributed by atoms with E-state index in [4.69, 9.17) is 0 Å². The lowest BCUT2D eigenvalue weighted by Gasteiger charge is -2.23. The van der Waals surface area contributed by atoms with Crippen LogP contribution in [-0.2, 0) is 0 Å². The summed E-state index contributed by atoms with van der Waals surface area (Å²) in [6, 6.07) is 6.92. The van der Waals surface area contributed by atoms with Gasteiger partial charge in [0, 0.05) is 11.1 Å². The zero-order chi connectivity index (χ0) is 16.4. The van der Waals surface area contributed by atoms with Gasteiger partial charge in [-0.05, 0) is 24.7 Å². The summed E-state index contributed by atoms with van der Waals surface area (Å²) in [6.07, 6.45) is 6.93. The summed E-state index contributed by atoms with van der Waals surface area (Å²) in [5.41, 5.74) is 4.52. The maximum atomic E-state index is 3.75. The largest absolute Gasteiger partial charge is 0.274 e. The molecule has 1 aromatic rings. The lowest BCUT2D eigenvalue weighted by molar-refractivity contribution is -0.433. The summed E-state index contributed by atoms with van der Waals surface area (Å²) < 4.78 is 2.64. The van der Waals surface area contributed by atoms with Gasteiger partial charge in [-0.25, -0.2) is 4.58 Å². The third-order valence-corrected chi connectivity index (χ3v) is 5.54. The number of benzene rings is 1. The van der Waals surface area contributed by atoms with E-state index in [1.54, 1.807) is 0 Å². The van der Waals surface area contributed by atoms with E-state index in [2.05, 4.69) is 55.8 Å². The minimum atomic E-state index is 0.567. The van der Waals surface area contributed by atoms with Gasteiger partial charge in [-0.2, -0.15) is 0 Å². The van der Waals surface area contributed by atoms with Crippen molar-refractivity contribution in [1.82, 2.24) is 5.32 Å². The van der Waals surface area contributed by atoms with Gasteiger partial charge in [0.1, 0.15) is 18.8 Å². The van der Waals surface area contributed by atoms with Gasteiger partial charge < -0.3 is 0 Å². The molecule has 1 saturated carbocycles. The van der Waals surface area contributed by atoms with E-state index in [1.165, 1.54) is 54.8 Å². The van der Waals surface area contributed by atoms with Crippen molar-refractivity contribution in [3.8, 4) is 0 Å². The fraction of sp³-hybridized carbons (Fsp3) is 0.667. The minimum absolute atomic E-state index is 0.567. The van der Waals surface area contributed by atoms with Crippen LogP contribution in [0.1, 0.15) is 82.8 Å². The summed E-state index contributed by atoms with van der Waals surface area (Å²) in [5.74, 6) is 3.39. The first-order valence-electron chi connectivity index (χ1n) is 9.60. The molecule has 2 nitrogen and oxygen atoms in total. The molecule has 0 atom stereocenters. The highest BCUT2D eigenvalue weighted by Gasteiger charge is 2.33. The second kappa shape index (κ2) is 7.07. The van der Waals surface area contributed by atoms with Crippen LogP contribution in [0, 0.1) is 5.92 Å². The Labute approximate surface area is 142 Å². The molecule has 0 spiro atoms. The zero-order valence-corrected chi connectivity index (χ0v) is 15.4. The first kappa shape index (κ1) is 16.5. The molecular weight excluding hydrogens is 280 g/mol. The molecule has 0 radical (unpaired) electrons. The highest BCUT2D eigenvalue weighted by atomic mass is 15.2. The van der Waals surface area contributed by atoms with Crippen molar-refractivity contribution < 1.29 is 4.58 Å². The molecule has 0 bridgehead atoms. The van der Waals surface area contributed by atoms with E-state index in [-0.39, 0.29) is 0 Å². The highest BCUT2D eigenvalue weighted by molar-refractivity contribution is 5.82. The fourth-order valence-corrected chi connectivity index (χ4v) is 4.31. The van der Waals surface area contributed by atoms with Crippen molar-refractivity contribution in [2.24, 2.45) is 5.92 Å². The molecule has 2 heteroatoms. The van der Waals surface area contributed by atoms with Crippen LogP contribution in [0.3, 0.4) is 0 Å². The third kappa shape index (κ3) is 3.32. The lowest BCUT2D eigenvalue weighted by Crippen LogP contribution is -2.32. The summed E-state index contributed by atoms with van der Waals surface area (Å²) in [6.45, 7) is 11.5. The molecular formula is C21H33N2+. The Morgan fingerprint density at radius 2 is 1.57 bits per heavy atom. The van der Waals surface area contributed by atoms with Gasteiger partial charge in [0.15, 0.2) is 0 Å². The Kier molecular flexibility index (Phi) is 5.08. The van der Waals surface area contributed by atoms with E-state index >= 15 is 0 Å². The van der Waals surface area contributed by atoms with Crippen molar-refractivity contribution in [3.63, 3.8) is 0 Å². The van der Waals surface area contributed by atoms with Gasteiger partial charge in [-0.3, -0.25) is 5.32 Å². The summed E-state index contributed by atoms with van der Waals surface area (Å²) in [4.78, 5) is 0. The molecule has 0 saturated heterocycles. The second-order valence-electron chi connectivity index (χ2n) is 7.89. The average molecular weight is 314 g/mol. The van der Waals surface area contributed by atoms with Crippen molar-refractivity contribution in [2.45, 2.75) is 71.6 Å². The maximum Gasteiger partial charge on any atom is 0.253 e. The van der Waals surface area contributed by atoms with E-state index in [1.807, 2.05) is 0 Å². The molecule has 3 rings (SSSR count). The molecule has 0 amide bonds. The predicted octanol–water partition coefficient (Wildman–Crippen LogP) is 5.16. The molecule has 1 heterocycles. The van der Waals surface area contributed by atoms with Crippen molar-refractivity contribution >= 4 is 11.5 Å². The van der Waals surface area contributed by atoms with Gasteiger partial charge >= 0.3 is 0 Å². The van der Waals surface area contributed by atoms with Crippen LogP contribution < -0.4 is 5.32 Å². The van der Waals surface area contributed by atoms with E-state index in [9.17, 15) is 0 Å². The Bertz CT molecular complexity index is 551. The summed E-state index contributed by atoms with van der Waals surface area (Å²) >= 11 is 0. The van der Waals surface area contributed by atoms with Crippen molar-refractivity contribution in [1.29, 1.82) is 0 Å². The number of nitrogens with one attached hydrogen (secondary N) is 1. The third-order valence-electron chi connectivity index (χ3n) is 5.54. The smallest absolute Gasteiger partial charge is 0.253 e. The standard InChI is InChI=1S/C21H32N2/c1-15(2)18-11-8-12-19(16(3)4)20(18)23-14-13-22-21(23)17-9-6-5-7-10-17/h8,11-12,15-17H,5-7,9-10,13-14H2,1-4H3/p+1. The second-order valence-corrected chi connectivity index (χ2v) is 7.89.